The summed E-state index contributed by atoms with van der Waals surface area (Å²) in [6.45, 7) is 4.12. The van der Waals surface area contributed by atoms with Crippen LogP contribution in [0, 0.1) is 5.92 Å². The standard InChI is InChI=1S/C16H17NO4/c1-10(2)9-21-16(20)17-14-8-12-6-4-3-5-11(12)7-13(14)15(18)19/h3-8,10H,9H2,1-2H3,(H,17,20)(H,18,19). The van der Waals surface area contributed by atoms with Crippen molar-refractivity contribution in [3.05, 3.63) is 42.0 Å². The maximum atomic E-state index is 11.7. The maximum Gasteiger partial charge on any atom is 0.411 e. The molecule has 0 unspecified atom stereocenters. The van der Waals surface area contributed by atoms with E-state index in [9.17, 15) is 14.7 Å². The van der Waals surface area contributed by atoms with Crippen LogP contribution in [0.25, 0.3) is 10.8 Å². The van der Waals surface area contributed by atoms with Crippen LogP contribution in [0.15, 0.2) is 36.4 Å². The molecule has 2 rings (SSSR count). The van der Waals surface area contributed by atoms with Crippen LogP contribution in [0.3, 0.4) is 0 Å². The zero-order chi connectivity index (χ0) is 15.4. The highest BCUT2D eigenvalue weighted by molar-refractivity contribution is 6.04. The summed E-state index contributed by atoms with van der Waals surface area (Å²) in [6, 6.07) is 10.5. The first-order chi connectivity index (χ1) is 9.97. The molecular weight excluding hydrogens is 270 g/mol. The van der Waals surface area contributed by atoms with Crippen molar-refractivity contribution in [3.63, 3.8) is 0 Å². The van der Waals surface area contributed by atoms with Crippen LogP contribution in [0.2, 0.25) is 0 Å². The molecule has 5 nitrogen and oxygen atoms in total. The first-order valence-corrected chi connectivity index (χ1v) is 6.67. The SMILES string of the molecule is CC(C)COC(=O)Nc1cc2ccccc2cc1C(=O)O. The van der Waals surface area contributed by atoms with Crippen LogP contribution in [0.1, 0.15) is 24.2 Å². The average molecular weight is 287 g/mol. The van der Waals surface area contributed by atoms with E-state index in [-0.39, 0.29) is 23.8 Å². The van der Waals surface area contributed by atoms with Crippen molar-refractivity contribution in [1.29, 1.82) is 0 Å². The molecule has 0 atom stereocenters. The van der Waals surface area contributed by atoms with Crippen molar-refractivity contribution in [2.75, 3.05) is 11.9 Å². The van der Waals surface area contributed by atoms with Crippen LogP contribution in [-0.2, 0) is 4.74 Å². The molecule has 0 saturated heterocycles. The molecule has 5 heteroatoms. The van der Waals surface area contributed by atoms with Crippen LogP contribution in [-0.4, -0.2) is 23.8 Å². The Bertz CT molecular complexity index is 679. The maximum absolute atomic E-state index is 11.7. The van der Waals surface area contributed by atoms with E-state index in [0.717, 1.165) is 10.8 Å². The number of carboxylic acid groups (broad SMARTS) is 1. The van der Waals surface area contributed by atoms with Crippen LogP contribution in [0.4, 0.5) is 10.5 Å². The quantitative estimate of drug-likeness (QED) is 0.898. The van der Waals surface area contributed by atoms with E-state index in [0.29, 0.717) is 0 Å². The van der Waals surface area contributed by atoms with Gasteiger partial charge in [0.15, 0.2) is 0 Å². The number of nitrogens with one attached hydrogen (secondary N) is 1. The zero-order valence-corrected chi connectivity index (χ0v) is 11.9. The summed E-state index contributed by atoms with van der Waals surface area (Å²) < 4.78 is 5.01. The molecule has 2 N–H and O–H groups in total. The van der Waals surface area contributed by atoms with Crippen LogP contribution >= 0.6 is 0 Å². The summed E-state index contributed by atoms with van der Waals surface area (Å²) in [5.74, 6) is -0.883. The molecule has 0 aliphatic carbocycles. The largest absolute Gasteiger partial charge is 0.478 e. The number of rotatable bonds is 4. The molecule has 0 radical (unpaired) electrons. The van der Waals surface area contributed by atoms with Crippen molar-refractivity contribution in [1.82, 2.24) is 0 Å². The van der Waals surface area contributed by atoms with Gasteiger partial charge in [0, 0.05) is 0 Å². The second-order valence-corrected chi connectivity index (χ2v) is 5.17. The van der Waals surface area contributed by atoms with Gasteiger partial charge in [-0.15, -0.1) is 0 Å². The third-order valence-electron chi connectivity index (χ3n) is 2.90. The Morgan fingerprint density at radius 2 is 1.81 bits per heavy atom. The minimum atomic E-state index is -1.10. The summed E-state index contributed by atoms with van der Waals surface area (Å²) >= 11 is 0. The highest BCUT2D eigenvalue weighted by atomic mass is 16.5. The lowest BCUT2D eigenvalue weighted by Crippen LogP contribution is -2.18. The first-order valence-electron chi connectivity index (χ1n) is 6.67. The Hall–Kier alpha value is -2.56. The molecule has 0 spiro atoms. The molecule has 0 bridgehead atoms. The minimum absolute atomic E-state index is 0.0372. The number of carbonyl (C=O) groups is 2. The number of carbonyl (C=O) groups excluding carboxylic acids is 1. The van der Waals surface area contributed by atoms with Gasteiger partial charge in [-0.1, -0.05) is 38.1 Å². The van der Waals surface area contributed by atoms with Gasteiger partial charge in [-0.05, 0) is 28.8 Å². The summed E-state index contributed by atoms with van der Waals surface area (Å²) in [5, 5.41) is 13.4. The van der Waals surface area contributed by atoms with Gasteiger partial charge in [-0.25, -0.2) is 9.59 Å². The van der Waals surface area contributed by atoms with Crippen LogP contribution < -0.4 is 5.32 Å². The average Bonchev–Trinajstić information content (AvgIpc) is 2.44. The lowest BCUT2D eigenvalue weighted by Gasteiger charge is -2.12. The fraction of sp³-hybridized carbons (Fsp3) is 0.250. The molecular formula is C16H17NO4. The van der Waals surface area contributed by atoms with E-state index in [2.05, 4.69) is 5.32 Å². The third kappa shape index (κ3) is 3.72. The van der Waals surface area contributed by atoms with E-state index in [1.807, 2.05) is 38.1 Å². The number of benzene rings is 2. The number of fused-ring (bicyclic) bond motifs is 1. The Morgan fingerprint density at radius 3 is 2.38 bits per heavy atom. The van der Waals surface area contributed by atoms with E-state index < -0.39 is 12.1 Å². The number of hydrogen-bond acceptors (Lipinski definition) is 3. The van der Waals surface area contributed by atoms with Gasteiger partial charge in [0.25, 0.3) is 0 Å². The second-order valence-electron chi connectivity index (χ2n) is 5.17. The van der Waals surface area contributed by atoms with E-state index in [1.165, 1.54) is 6.07 Å². The monoisotopic (exact) mass is 287 g/mol. The Labute approximate surface area is 122 Å². The van der Waals surface area contributed by atoms with E-state index in [4.69, 9.17) is 4.74 Å². The number of carboxylic acids is 1. The lowest BCUT2D eigenvalue weighted by molar-refractivity contribution is 0.0698. The predicted molar refractivity (Wildman–Crippen MR) is 80.7 cm³/mol. The molecule has 0 heterocycles. The number of aromatic carboxylic acids is 1. The van der Waals surface area contributed by atoms with Crippen molar-refractivity contribution in [2.45, 2.75) is 13.8 Å². The molecule has 0 saturated carbocycles. The fourth-order valence-electron chi connectivity index (χ4n) is 1.91. The fourth-order valence-corrected chi connectivity index (χ4v) is 1.91. The number of amides is 1. The summed E-state index contributed by atoms with van der Waals surface area (Å²) in [4.78, 5) is 23.0. The highest BCUT2D eigenvalue weighted by Crippen LogP contribution is 2.24. The summed E-state index contributed by atoms with van der Waals surface area (Å²) in [5.41, 5.74) is 0.269. The van der Waals surface area contributed by atoms with Crippen molar-refractivity contribution < 1.29 is 19.4 Å². The molecule has 1 amide bonds. The molecule has 110 valence electrons. The smallest absolute Gasteiger partial charge is 0.411 e. The molecule has 0 aliphatic heterocycles. The van der Waals surface area contributed by atoms with Crippen molar-refractivity contribution in [3.8, 4) is 0 Å². The van der Waals surface area contributed by atoms with Gasteiger partial charge < -0.3 is 9.84 Å². The van der Waals surface area contributed by atoms with Crippen molar-refractivity contribution >= 4 is 28.5 Å². The molecule has 0 fully saturated rings. The Kier molecular flexibility index (Phi) is 4.42. The normalized spacial score (nSPS) is 10.6. The Morgan fingerprint density at radius 1 is 1.19 bits per heavy atom. The van der Waals surface area contributed by atoms with Crippen LogP contribution in [0.5, 0.6) is 0 Å². The van der Waals surface area contributed by atoms with E-state index >= 15 is 0 Å². The molecule has 0 aromatic heterocycles. The van der Waals surface area contributed by atoms with Gasteiger partial charge in [0.1, 0.15) is 0 Å². The molecule has 2 aromatic carbocycles. The molecule has 21 heavy (non-hydrogen) atoms. The van der Waals surface area contributed by atoms with Gasteiger partial charge in [0.05, 0.1) is 17.9 Å². The zero-order valence-electron chi connectivity index (χ0n) is 11.9. The summed E-state index contributed by atoms with van der Waals surface area (Å²) in [7, 11) is 0. The Balaban J connectivity index is 2.30. The van der Waals surface area contributed by atoms with Gasteiger partial charge in [-0.3, -0.25) is 5.32 Å². The summed E-state index contributed by atoms with van der Waals surface area (Å²) in [6.07, 6.45) is -0.651. The van der Waals surface area contributed by atoms with E-state index in [1.54, 1.807) is 6.07 Å². The molecule has 2 aromatic rings. The van der Waals surface area contributed by atoms with Crippen molar-refractivity contribution in [2.24, 2.45) is 5.92 Å². The number of anilines is 1. The minimum Gasteiger partial charge on any atom is -0.478 e. The lowest BCUT2D eigenvalue weighted by atomic mass is 10.0. The number of ether oxygens (including phenoxy) is 1. The van der Waals surface area contributed by atoms with Gasteiger partial charge >= 0.3 is 12.1 Å². The second kappa shape index (κ2) is 6.26. The predicted octanol–water partition coefficient (Wildman–Crippen LogP) is 3.74. The third-order valence-corrected chi connectivity index (χ3v) is 2.90. The van der Waals surface area contributed by atoms with Gasteiger partial charge in [-0.2, -0.15) is 0 Å². The number of hydrogen-bond donors (Lipinski definition) is 2. The highest BCUT2D eigenvalue weighted by Gasteiger charge is 2.14. The first kappa shape index (κ1) is 14.8. The molecule has 0 aliphatic rings. The van der Waals surface area contributed by atoms with Gasteiger partial charge in [0.2, 0.25) is 0 Å². The topological polar surface area (TPSA) is 75.6 Å².